The molecule has 3 aromatic rings. The number of benzene rings is 2. The van der Waals surface area contributed by atoms with Gasteiger partial charge < -0.3 is 15.4 Å². The molecule has 0 saturated carbocycles. The summed E-state index contributed by atoms with van der Waals surface area (Å²) in [7, 11) is 0. The van der Waals surface area contributed by atoms with Crippen LogP contribution in [0.4, 0.5) is 36.3 Å². The monoisotopic (exact) mass is 375 g/mol. The van der Waals surface area contributed by atoms with Crippen molar-refractivity contribution in [2.75, 3.05) is 17.2 Å². The van der Waals surface area contributed by atoms with Gasteiger partial charge in [0.1, 0.15) is 5.75 Å². The first-order chi connectivity index (χ1) is 12.9. The maximum Gasteiger partial charge on any atom is 0.416 e. The van der Waals surface area contributed by atoms with Crippen LogP contribution in [0.3, 0.4) is 0 Å². The average molecular weight is 375 g/mol. The zero-order chi connectivity index (χ0) is 19.3. The molecule has 9 heteroatoms. The Bertz CT molecular complexity index is 883. The Morgan fingerprint density at radius 2 is 1.56 bits per heavy atom. The number of nitrogens with one attached hydrogen (secondary N) is 2. The molecule has 0 aliphatic heterocycles. The summed E-state index contributed by atoms with van der Waals surface area (Å²) in [6, 6.07) is 11.9. The molecule has 1 heterocycles. The fraction of sp³-hybridized carbons (Fsp3) is 0.167. The quantitative estimate of drug-likeness (QED) is 0.646. The van der Waals surface area contributed by atoms with Crippen molar-refractivity contribution in [3.05, 3.63) is 60.3 Å². The van der Waals surface area contributed by atoms with Gasteiger partial charge in [-0.1, -0.05) is 0 Å². The number of rotatable bonds is 6. The van der Waals surface area contributed by atoms with Gasteiger partial charge in [0, 0.05) is 11.4 Å². The lowest BCUT2D eigenvalue weighted by atomic mass is 10.2. The largest absolute Gasteiger partial charge is 0.494 e. The van der Waals surface area contributed by atoms with Crippen molar-refractivity contribution in [1.82, 2.24) is 15.2 Å². The molecule has 0 aliphatic carbocycles. The number of halogens is 3. The van der Waals surface area contributed by atoms with Crippen LogP contribution >= 0.6 is 0 Å². The Kier molecular flexibility index (Phi) is 5.39. The van der Waals surface area contributed by atoms with E-state index in [1.807, 2.05) is 31.2 Å². The number of anilines is 4. The Morgan fingerprint density at radius 3 is 2.19 bits per heavy atom. The minimum absolute atomic E-state index is 0.246. The van der Waals surface area contributed by atoms with Crippen LogP contribution in [0.2, 0.25) is 0 Å². The van der Waals surface area contributed by atoms with Gasteiger partial charge >= 0.3 is 6.18 Å². The number of aromatic nitrogens is 3. The molecule has 0 amide bonds. The predicted octanol–water partition coefficient (Wildman–Crippen LogP) is 4.78. The van der Waals surface area contributed by atoms with E-state index in [2.05, 4.69) is 25.8 Å². The molecule has 0 atom stereocenters. The van der Waals surface area contributed by atoms with Gasteiger partial charge in [0.2, 0.25) is 5.95 Å². The van der Waals surface area contributed by atoms with Gasteiger partial charge in [-0.3, -0.25) is 0 Å². The first-order valence-electron chi connectivity index (χ1n) is 8.08. The summed E-state index contributed by atoms with van der Waals surface area (Å²) >= 11 is 0. The molecule has 0 bridgehead atoms. The summed E-state index contributed by atoms with van der Waals surface area (Å²) in [6.45, 7) is 2.48. The number of nitrogens with zero attached hydrogens (tertiary/aromatic N) is 3. The van der Waals surface area contributed by atoms with Crippen LogP contribution in [0.25, 0.3) is 0 Å². The topological polar surface area (TPSA) is 72.0 Å². The lowest BCUT2D eigenvalue weighted by molar-refractivity contribution is -0.137. The van der Waals surface area contributed by atoms with Crippen molar-refractivity contribution in [2.45, 2.75) is 13.1 Å². The predicted molar refractivity (Wildman–Crippen MR) is 95.4 cm³/mol. The summed E-state index contributed by atoms with van der Waals surface area (Å²) in [5.74, 6) is 1.34. The van der Waals surface area contributed by atoms with E-state index in [0.29, 0.717) is 18.1 Å². The molecule has 2 N–H and O–H groups in total. The first kappa shape index (κ1) is 18.4. The van der Waals surface area contributed by atoms with Crippen molar-refractivity contribution in [3.63, 3.8) is 0 Å². The summed E-state index contributed by atoms with van der Waals surface area (Å²) in [4.78, 5) is 4.24. The molecule has 6 nitrogen and oxygen atoms in total. The molecule has 0 spiro atoms. The molecule has 0 saturated heterocycles. The van der Waals surface area contributed by atoms with Crippen molar-refractivity contribution >= 4 is 23.1 Å². The lowest BCUT2D eigenvalue weighted by Gasteiger charge is -2.10. The summed E-state index contributed by atoms with van der Waals surface area (Å²) < 4.78 is 43.2. The van der Waals surface area contributed by atoms with Gasteiger partial charge in [-0.15, -0.1) is 5.10 Å². The lowest BCUT2D eigenvalue weighted by Crippen LogP contribution is -2.05. The Labute approximate surface area is 153 Å². The fourth-order valence-electron chi connectivity index (χ4n) is 2.24. The van der Waals surface area contributed by atoms with Gasteiger partial charge in [-0.2, -0.15) is 23.3 Å². The molecule has 2 aromatic carbocycles. The molecule has 27 heavy (non-hydrogen) atoms. The van der Waals surface area contributed by atoms with Crippen LogP contribution in [0.15, 0.2) is 54.7 Å². The summed E-state index contributed by atoms with van der Waals surface area (Å²) in [5.41, 5.74) is 0.481. The molecule has 1 aromatic heterocycles. The second kappa shape index (κ2) is 7.90. The molecule has 0 aliphatic rings. The second-order valence-corrected chi connectivity index (χ2v) is 5.45. The van der Waals surface area contributed by atoms with Crippen LogP contribution in [-0.4, -0.2) is 21.8 Å². The molecule has 140 valence electrons. The highest BCUT2D eigenvalue weighted by Crippen LogP contribution is 2.30. The zero-order valence-electron chi connectivity index (χ0n) is 14.3. The fourth-order valence-corrected chi connectivity index (χ4v) is 2.24. The number of ether oxygens (including phenoxy) is 1. The normalized spacial score (nSPS) is 11.1. The smallest absolute Gasteiger partial charge is 0.416 e. The molecule has 0 radical (unpaired) electrons. The van der Waals surface area contributed by atoms with E-state index in [-0.39, 0.29) is 5.95 Å². The highest BCUT2D eigenvalue weighted by molar-refractivity contribution is 5.59. The van der Waals surface area contributed by atoms with E-state index in [4.69, 9.17) is 4.74 Å². The van der Waals surface area contributed by atoms with Crippen LogP contribution in [0.1, 0.15) is 12.5 Å². The third-order valence-electron chi connectivity index (χ3n) is 3.46. The maximum atomic E-state index is 12.6. The van der Waals surface area contributed by atoms with Crippen LogP contribution in [0.5, 0.6) is 5.75 Å². The highest BCUT2D eigenvalue weighted by atomic mass is 19.4. The third-order valence-corrected chi connectivity index (χ3v) is 3.46. The highest BCUT2D eigenvalue weighted by Gasteiger charge is 2.29. The van der Waals surface area contributed by atoms with Gasteiger partial charge in [-0.05, 0) is 55.5 Å². The number of hydrogen-bond acceptors (Lipinski definition) is 6. The van der Waals surface area contributed by atoms with Crippen LogP contribution in [0, 0.1) is 0 Å². The molecule has 0 fully saturated rings. The first-order valence-corrected chi connectivity index (χ1v) is 8.08. The average Bonchev–Trinajstić information content (AvgIpc) is 2.64. The number of alkyl halides is 3. The molecule has 0 unspecified atom stereocenters. The van der Waals surface area contributed by atoms with E-state index in [0.717, 1.165) is 23.6 Å². The minimum Gasteiger partial charge on any atom is -0.494 e. The van der Waals surface area contributed by atoms with Gasteiger partial charge in [0.25, 0.3) is 0 Å². The van der Waals surface area contributed by atoms with Crippen LogP contribution < -0.4 is 15.4 Å². The van der Waals surface area contributed by atoms with Gasteiger partial charge in [-0.25, -0.2) is 0 Å². The van der Waals surface area contributed by atoms with Crippen molar-refractivity contribution < 1.29 is 17.9 Å². The van der Waals surface area contributed by atoms with Crippen LogP contribution in [-0.2, 0) is 6.18 Å². The van der Waals surface area contributed by atoms with E-state index in [1.54, 1.807) is 0 Å². The van der Waals surface area contributed by atoms with Crippen molar-refractivity contribution in [3.8, 4) is 5.75 Å². The molecular weight excluding hydrogens is 359 g/mol. The molecule has 3 rings (SSSR count). The van der Waals surface area contributed by atoms with Gasteiger partial charge in [0.15, 0.2) is 5.82 Å². The summed E-state index contributed by atoms with van der Waals surface area (Å²) in [6.07, 6.45) is -3.00. The van der Waals surface area contributed by atoms with E-state index >= 15 is 0 Å². The van der Waals surface area contributed by atoms with Gasteiger partial charge in [0.05, 0.1) is 18.4 Å². The van der Waals surface area contributed by atoms with E-state index < -0.39 is 11.7 Å². The molecular formula is C18H16F3N5O. The van der Waals surface area contributed by atoms with Crippen molar-refractivity contribution in [1.29, 1.82) is 0 Å². The van der Waals surface area contributed by atoms with E-state index in [9.17, 15) is 13.2 Å². The Hall–Kier alpha value is -3.36. The second-order valence-electron chi connectivity index (χ2n) is 5.45. The zero-order valence-corrected chi connectivity index (χ0v) is 14.3. The Balaban J connectivity index is 1.68. The minimum atomic E-state index is -4.37. The third kappa shape index (κ3) is 5.06. The Morgan fingerprint density at radius 1 is 0.926 bits per heavy atom. The van der Waals surface area contributed by atoms with Crippen molar-refractivity contribution in [2.24, 2.45) is 0 Å². The SMILES string of the molecule is CCOc1ccc(Nc2nncc(Nc3ccc(C(F)(F)F)cc3)n2)cc1. The standard InChI is InChI=1S/C18H16F3N5O/c1-2-27-15-9-7-14(8-10-15)24-17-25-16(11-22-26-17)23-13-5-3-12(4-6-13)18(19,20)21/h3-11H,2H2,1H3,(H2,23,24,25,26). The summed E-state index contributed by atoms with van der Waals surface area (Å²) in [5, 5.41) is 13.6. The number of hydrogen-bond donors (Lipinski definition) is 2. The maximum absolute atomic E-state index is 12.6. The van der Waals surface area contributed by atoms with E-state index in [1.165, 1.54) is 18.3 Å².